The predicted molar refractivity (Wildman–Crippen MR) is 105 cm³/mol. The van der Waals surface area contributed by atoms with Crippen molar-refractivity contribution >= 4 is 24.2 Å². The molecule has 0 unspecified atom stereocenters. The molecule has 1 aromatic carbocycles. The van der Waals surface area contributed by atoms with Gasteiger partial charge in [-0.25, -0.2) is 0 Å². The lowest BCUT2D eigenvalue weighted by atomic mass is 9.87. The van der Waals surface area contributed by atoms with Crippen LogP contribution >= 0.6 is 12.4 Å². The molecular weight excluding hydrogens is 350 g/mol. The van der Waals surface area contributed by atoms with E-state index in [9.17, 15) is 9.59 Å². The zero-order chi connectivity index (χ0) is 17.6. The Morgan fingerprint density at radius 3 is 2.46 bits per heavy atom. The van der Waals surface area contributed by atoms with Crippen molar-refractivity contribution in [2.75, 3.05) is 19.6 Å². The van der Waals surface area contributed by atoms with E-state index in [1.165, 1.54) is 24.8 Å². The summed E-state index contributed by atoms with van der Waals surface area (Å²) in [5, 5.41) is 2.81. The average Bonchev–Trinajstić information content (AvgIpc) is 3.03. The molecule has 1 saturated heterocycles. The highest BCUT2D eigenvalue weighted by Crippen LogP contribution is 2.27. The summed E-state index contributed by atoms with van der Waals surface area (Å²) >= 11 is 0. The first-order chi connectivity index (χ1) is 12.1. The van der Waals surface area contributed by atoms with E-state index in [1.807, 2.05) is 18.2 Å². The van der Waals surface area contributed by atoms with E-state index in [2.05, 4.69) is 17.4 Å². The first-order valence-corrected chi connectivity index (χ1v) is 9.48. The van der Waals surface area contributed by atoms with Crippen LogP contribution < -0.4 is 11.1 Å². The van der Waals surface area contributed by atoms with E-state index in [4.69, 9.17) is 5.73 Å². The smallest absolute Gasteiger partial charge is 0.242 e. The van der Waals surface area contributed by atoms with Gasteiger partial charge in [0, 0.05) is 31.5 Å². The minimum absolute atomic E-state index is 0. The molecule has 3 rings (SSSR count). The summed E-state index contributed by atoms with van der Waals surface area (Å²) in [5.74, 6) is 0.629. The van der Waals surface area contributed by atoms with E-state index in [-0.39, 0.29) is 42.7 Å². The van der Waals surface area contributed by atoms with Crippen molar-refractivity contribution in [3.05, 3.63) is 35.9 Å². The van der Waals surface area contributed by atoms with Gasteiger partial charge in [0.2, 0.25) is 11.8 Å². The molecule has 144 valence electrons. The molecule has 1 heterocycles. The molecule has 1 saturated carbocycles. The van der Waals surface area contributed by atoms with Crippen LogP contribution in [0.5, 0.6) is 0 Å². The monoisotopic (exact) mass is 379 g/mol. The summed E-state index contributed by atoms with van der Waals surface area (Å²) in [4.78, 5) is 26.3. The molecular formula is C20H30ClN3O2. The predicted octanol–water partition coefficient (Wildman–Crippen LogP) is 2.45. The Balaban J connectivity index is 0.00000243. The second-order valence-corrected chi connectivity index (χ2v) is 7.46. The number of nitrogens with two attached hydrogens (primary N) is 1. The van der Waals surface area contributed by atoms with Gasteiger partial charge in [-0.3, -0.25) is 9.59 Å². The van der Waals surface area contributed by atoms with Crippen molar-refractivity contribution in [2.45, 2.75) is 50.5 Å². The van der Waals surface area contributed by atoms with Crippen LogP contribution in [-0.4, -0.2) is 42.4 Å². The maximum Gasteiger partial charge on any atom is 0.242 e. The first-order valence-electron chi connectivity index (χ1n) is 9.48. The Morgan fingerprint density at radius 2 is 1.77 bits per heavy atom. The Hall–Kier alpha value is -1.59. The number of rotatable bonds is 5. The van der Waals surface area contributed by atoms with Crippen molar-refractivity contribution in [3.8, 4) is 0 Å². The van der Waals surface area contributed by atoms with E-state index in [0.717, 1.165) is 12.8 Å². The summed E-state index contributed by atoms with van der Waals surface area (Å²) < 4.78 is 0. The number of carbonyl (C=O) groups excluding carboxylic acids is 2. The van der Waals surface area contributed by atoms with E-state index >= 15 is 0 Å². The lowest BCUT2D eigenvalue weighted by molar-refractivity contribution is -0.132. The van der Waals surface area contributed by atoms with Crippen LogP contribution in [0.2, 0.25) is 0 Å². The van der Waals surface area contributed by atoms with Gasteiger partial charge in [0.1, 0.15) is 0 Å². The van der Waals surface area contributed by atoms with Gasteiger partial charge in [-0.05, 0) is 24.3 Å². The van der Waals surface area contributed by atoms with E-state index in [0.29, 0.717) is 25.4 Å². The minimum atomic E-state index is -0.0516. The van der Waals surface area contributed by atoms with Crippen LogP contribution in [0.3, 0.4) is 0 Å². The molecule has 26 heavy (non-hydrogen) atoms. The van der Waals surface area contributed by atoms with Gasteiger partial charge in [0.25, 0.3) is 0 Å². The molecule has 3 N–H and O–H groups in total. The summed E-state index contributed by atoms with van der Waals surface area (Å²) in [6.45, 7) is 1.26. The average molecular weight is 380 g/mol. The third-order valence-electron chi connectivity index (χ3n) is 5.58. The van der Waals surface area contributed by atoms with Gasteiger partial charge in [-0.1, -0.05) is 49.6 Å². The zero-order valence-electron chi connectivity index (χ0n) is 15.2. The molecule has 0 spiro atoms. The molecule has 0 aromatic heterocycles. The molecule has 2 fully saturated rings. The molecule has 2 amide bonds. The normalized spacial score (nSPS) is 23.3. The molecule has 6 heteroatoms. The molecule has 1 aliphatic heterocycles. The molecule has 2 aliphatic rings. The van der Waals surface area contributed by atoms with Gasteiger partial charge < -0.3 is 16.0 Å². The zero-order valence-corrected chi connectivity index (χ0v) is 16.0. The van der Waals surface area contributed by atoms with Crippen molar-refractivity contribution in [2.24, 2.45) is 11.7 Å². The van der Waals surface area contributed by atoms with Gasteiger partial charge in [0.05, 0.1) is 6.54 Å². The van der Waals surface area contributed by atoms with Crippen LogP contribution in [0.25, 0.3) is 0 Å². The highest BCUT2D eigenvalue weighted by Gasteiger charge is 2.33. The Labute approximate surface area is 162 Å². The molecule has 0 radical (unpaired) electrons. The number of carbonyl (C=O) groups is 2. The lowest BCUT2D eigenvalue weighted by Gasteiger charge is -2.21. The van der Waals surface area contributed by atoms with Gasteiger partial charge in [0.15, 0.2) is 0 Å². The van der Waals surface area contributed by atoms with Crippen LogP contribution in [0, 0.1) is 5.92 Å². The Kier molecular flexibility index (Phi) is 7.91. The summed E-state index contributed by atoms with van der Waals surface area (Å²) in [7, 11) is 0. The van der Waals surface area contributed by atoms with Gasteiger partial charge in [-0.2, -0.15) is 0 Å². The first kappa shape index (κ1) is 20.7. The molecule has 1 aromatic rings. The molecule has 2 atom stereocenters. The van der Waals surface area contributed by atoms with Gasteiger partial charge >= 0.3 is 0 Å². The number of hydrogen-bond acceptors (Lipinski definition) is 3. The number of nitrogens with one attached hydrogen (secondary N) is 1. The van der Waals surface area contributed by atoms with Gasteiger partial charge in [-0.15, -0.1) is 12.4 Å². The van der Waals surface area contributed by atoms with Crippen molar-refractivity contribution in [1.82, 2.24) is 10.2 Å². The van der Waals surface area contributed by atoms with Crippen LogP contribution in [0.15, 0.2) is 30.3 Å². The SMILES string of the molecule is Cl.N[C@@H]1CN(C(=O)CNC(=O)CC2CCCCC2)C[C@H]1c1ccccc1. The second-order valence-electron chi connectivity index (χ2n) is 7.46. The number of hydrogen-bond donors (Lipinski definition) is 2. The number of amides is 2. The molecule has 1 aliphatic carbocycles. The maximum atomic E-state index is 12.4. The summed E-state index contributed by atoms with van der Waals surface area (Å²) in [5.41, 5.74) is 7.41. The van der Waals surface area contributed by atoms with Crippen molar-refractivity contribution in [1.29, 1.82) is 0 Å². The topological polar surface area (TPSA) is 75.4 Å². The fourth-order valence-corrected chi connectivity index (χ4v) is 4.10. The fraction of sp³-hybridized carbons (Fsp3) is 0.600. The number of benzene rings is 1. The van der Waals surface area contributed by atoms with Crippen LogP contribution in [-0.2, 0) is 9.59 Å². The fourth-order valence-electron chi connectivity index (χ4n) is 4.10. The molecule has 5 nitrogen and oxygen atoms in total. The number of nitrogens with zero attached hydrogens (tertiary/aromatic N) is 1. The molecule has 0 bridgehead atoms. The highest BCUT2D eigenvalue weighted by molar-refractivity contribution is 5.85. The van der Waals surface area contributed by atoms with Crippen LogP contribution in [0.4, 0.5) is 0 Å². The minimum Gasteiger partial charge on any atom is -0.347 e. The Morgan fingerprint density at radius 1 is 1.08 bits per heavy atom. The van der Waals surface area contributed by atoms with Crippen molar-refractivity contribution in [3.63, 3.8) is 0 Å². The summed E-state index contributed by atoms with van der Waals surface area (Å²) in [6.07, 6.45) is 6.57. The second kappa shape index (κ2) is 9.93. The van der Waals surface area contributed by atoms with E-state index in [1.54, 1.807) is 4.90 Å². The van der Waals surface area contributed by atoms with Crippen LogP contribution in [0.1, 0.15) is 50.0 Å². The quantitative estimate of drug-likeness (QED) is 0.825. The highest BCUT2D eigenvalue weighted by atomic mass is 35.5. The third kappa shape index (κ3) is 5.45. The van der Waals surface area contributed by atoms with E-state index < -0.39 is 0 Å². The number of halogens is 1. The summed E-state index contributed by atoms with van der Waals surface area (Å²) in [6, 6.07) is 10.0. The standard InChI is InChI=1S/C20H29N3O2.ClH/c21-18-14-23(13-17(18)16-9-5-2-6-10-16)20(25)12-22-19(24)11-15-7-3-1-4-8-15;/h2,5-6,9-10,15,17-18H,1,3-4,7-8,11-14,21H2,(H,22,24);1H/t17-,18+;/m0./s1. The maximum absolute atomic E-state index is 12.4. The van der Waals surface area contributed by atoms with Crippen molar-refractivity contribution < 1.29 is 9.59 Å². The number of likely N-dealkylation sites (tertiary alicyclic amines) is 1. The largest absolute Gasteiger partial charge is 0.347 e. The third-order valence-corrected chi connectivity index (χ3v) is 5.58. The Bertz CT molecular complexity index is 590. The lowest BCUT2D eigenvalue weighted by Crippen LogP contribution is -2.40.